The van der Waals surface area contributed by atoms with Crippen molar-refractivity contribution in [1.29, 1.82) is 0 Å². The van der Waals surface area contributed by atoms with E-state index in [0.29, 0.717) is 0 Å². The van der Waals surface area contributed by atoms with E-state index >= 15 is 0 Å². The summed E-state index contributed by atoms with van der Waals surface area (Å²) in [6, 6.07) is 0. The molecule has 0 aromatic rings. The Morgan fingerprint density at radius 3 is 2.73 bits per heavy atom. The normalized spacial score (nSPS) is 22.3. The van der Waals surface area contributed by atoms with Crippen LogP contribution < -0.4 is 10.5 Å². The van der Waals surface area contributed by atoms with Gasteiger partial charge in [0.25, 0.3) is 0 Å². The fourth-order valence-corrected chi connectivity index (χ4v) is 2.99. The number of thioether (sulfide) groups is 1. The Morgan fingerprint density at radius 2 is 2.20 bits per heavy atom. The van der Waals surface area contributed by atoms with Gasteiger partial charge in [-0.3, -0.25) is 4.79 Å². The highest BCUT2D eigenvalue weighted by Crippen LogP contribution is 2.24. The summed E-state index contributed by atoms with van der Waals surface area (Å²) < 4.78 is 21.2. The fraction of sp³-hybridized carbons (Fsp3) is 0.875. The summed E-state index contributed by atoms with van der Waals surface area (Å²) in [5.74, 6) is 0.743. The van der Waals surface area contributed by atoms with E-state index in [-0.39, 0.29) is 23.5 Å². The summed E-state index contributed by atoms with van der Waals surface area (Å²) in [6.07, 6.45) is 3.11. The highest BCUT2D eigenvalue weighted by molar-refractivity contribution is 8.00. The van der Waals surface area contributed by atoms with Crippen molar-refractivity contribution in [2.24, 2.45) is 5.14 Å². The molecule has 1 saturated heterocycles. The number of hydrogen-bond acceptors (Lipinski definition) is 4. The first-order valence-corrected chi connectivity index (χ1v) is 7.65. The second-order valence-corrected chi connectivity index (χ2v) is 6.56. The van der Waals surface area contributed by atoms with Gasteiger partial charge in [0.1, 0.15) is 0 Å². The van der Waals surface area contributed by atoms with Gasteiger partial charge in [0.2, 0.25) is 15.9 Å². The Hall–Kier alpha value is -0.270. The Morgan fingerprint density at radius 1 is 1.47 bits per heavy atom. The van der Waals surface area contributed by atoms with Crippen LogP contribution in [0.25, 0.3) is 0 Å². The van der Waals surface area contributed by atoms with Crippen LogP contribution in [0.2, 0.25) is 0 Å². The molecule has 1 fully saturated rings. The van der Waals surface area contributed by atoms with Crippen LogP contribution in [-0.4, -0.2) is 37.6 Å². The summed E-state index contributed by atoms with van der Waals surface area (Å²) in [7, 11) is -3.47. The molecule has 1 atom stereocenters. The Kier molecular flexibility index (Phi) is 4.88. The minimum atomic E-state index is -3.47. The number of sulfonamides is 1. The maximum atomic E-state index is 11.5. The molecule has 3 N–H and O–H groups in total. The molecular weight excluding hydrogens is 236 g/mol. The molecule has 1 heterocycles. The van der Waals surface area contributed by atoms with Crippen LogP contribution in [0.4, 0.5) is 0 Å². The van der Waals surface area contributed by atoms with Crippen molar-refractivity contribution in [3.63, 3.8) is 0 Å². The predicted molar refractivity (Wildman–Crippen MR) is 61.1 cm³/mol. The number of nitrogens with one attached hydrogen (secondary N) is 1. The second kappa shape index (κ2) is 5.72. The largest absolute Gasteiger partial charge is 0.354 e. The molecule has 1 unspecified atom stereocenters. The first-order valence-electron chi connectivity index (χ1n) is 4.89. The number of carbonyl (C=O) groups excluding carboxylic acids is 1. The SMILES string of the molecule is NS(=O)(=O)CCNC(=O)C1CCCCS1. The molecule has 1 aliphatic rings. The van der Waals surface area contributed by atoms with Gasteiger partial charge < -0.3 is 5.32 Å². The van der Waals surface area contributed by atoms with Crippen LogP contribution in [0.5, 0.6) is 0 Å². The Bertz CT molecular complexity index is 310. The molecule has 15 heavy (non-hydrogen) atoms. The maximum absolute atomic E-state index is 11.5. The van der Waals surface area contributed by atoms with E-state index in [1.54, 1.807) is 11.8 Å². The van der Waals surface area contributed by atoms with Gasteiger partial charge in [0, 0.05) is 6.54 Å². The fourth-order valence-electron chi connectivity index (χ4n) is 1.38. The van der Waals surface area contributed by atoms with Gasteiger partial charge >= 0.3 is 0 Å². The zero-order valence-corrected chi connectivity index (χ0v) is 10.1. The molecule has 1 rings (SSSR count). The number of hydrogen-bond donors (Lipinski definition) is 2. The highest BCUT2D eigenvalue weighted by Gasteiger charge is 2.21. The van der Waals surface area contributed by atoms with Gasteiger partial charge in [-0.1, -0.05) is 6.42 Å². The summed E-state index contributed by atoms with van der Waals surface area (Å²) in [6.45, 7) is 0.106. The third kappa shape index (κ3) is 5.39. The molecule has 0 aliphatic carbocycles. The number of carbonyl (C=O) groups is 1. The number of nitrogens with two attached hydrogens (primary N) is 1. The molecule has 0 saturated carbocycles. The Labute approximate surface area is 94.2 Å². The standard InChI is InChI=1S/C8H16N2O3S2/c9-15(12,13)6-4-10-8(11)7-3-1-2-5-14-7/h7H,1-6H2,(H,10,11)(H2,9,12,13). The molecule has 1 aliphatic heterocycles. The lowest BCUT2D eigenvalue weighted by atomic mass is 10.2. The highest BCUT2D eigenvalue weighted by atomic mass is 32.2. The minimum Gasteiger partial charge on any atom is -0.354 e. The van der Waals surface area contributed by atoms with E-state index < -0.39 is 10.0 Å². The van der Waals surface area contributed by atoms with Crippen molar-refractivity contribution < 1.29 is 13.2 Å². The molecule has 5 nitrogen and oxygen atoms in total. The monoisotopic (exact) mass is 252 g/mol. The van der Waals surface area contributed by atoms with Gasteiger partial charge in [-0.2, -0.15) is 0 Å². The van der Waals surface area contributed by atoms with Gasteiger partial charge in [0.05, 0.1) is 11.0 Å². The van der Waals surface area contributed by atoms with Crippen LogP contribution in [-0.2, 0) is 14.8 Å². The number of rotatable bonds is 4. The van der Waals surface area contributed by atoms with Gasteiger partial charge in [-0.05, 0) is 18.6 Å². The van der Waals surface area contributed by atoms with Crippen molar-refractivity contribution in [2.45, 2.75) is 24.5 Å². The lowest BCUT2D eigenvalue weighted by Crippen LogP contribution is -2.37. The second-order valence-electron chi connectivity index (χ2n) is 3.51. The number of primary sulfonamides is 1. The third-order valence-corrected chi connectivity index (χ3v) is 4.31. The molecule has 0 spiro atoms. The van der Waals surface area contributed by atoms with Crippen LogP contribution >= 0.6 is 11.8 Å². The van der Waals surface area contributed by atoms with Crippen LogP contribution in [0.3, 0.4) is 0 Å². The van der Waals surface area contributed by atoms with Crippen molar-refractivity contribution in [3.8, 4) is 0 Å². The van der Waals surface area contributed by atoms with Crippen molar-refractivity contribution >= 4 is 27.7 Å². The molecule has 88 valence electrons. The third-order valence-electron chi connectivity index (χ3n) is 2.16. The molecule has 7 heteroatoms. The zero-order chi connectivity index (χ0) is 11.3. The summed E-state index contributed by atoms with van der Waals surface area (Å²) >= 11 is 1.64. The Balaban J connectivity index is 2.23. The van der Waals surface area contributed by atoms with E-state index in [9.17, 15) is 13.2 Å². The predicted octanol–water partition coefficient (Wildman–Crippen LogP) is -0.323. The van der Waals surface area contributed by atoms with Crippen LogP contribution in [0, 0.1) is 0 Å². The molecule has 0 aromatic carbocycles. The average molecular weight is 252 g/mol. The van der Waals surface area contributed by atoms with Gasteiger partial charge in [-0.15, -0.1) is 11.8 Å². The zero-order valence-electron chi connectivity index (χ0n) is 8.44. The van der Waals surface area contributed by atoms with Gasteiger partial charge in [0.15, 0.2) is 0 Å². The van der Waals surface area contributed by atoms with E-state index in [0.717, 1.165) is 25.0 Å². The molecule has 0 aromatic heterocycles. The molecular formula is C8H16N2O3S2. The van der Waals surface area contributed by atoms with E-state index in [4.69, 9.17) is 5.14 Å². The smallest absolute Gasteiger partial charge is 0.233 e. The van der Waals surface area contributed by atoms with Crippen LogP contribution in [0.15, 0.2) is 0 Å². The quantitative estimate of drug-likeness (QED) is 0.717. The van der Waals surface area contributed by atoms with E-state index in [2.05, 4.69) is 5.32 Å². The first-order chi connectivity index (χ1) is 6.99. The van der Waals surface area contributed by atoms with E-state index in [1.807, 2.05) is 0 Å². The molecule has 1 amide bonds. The van der Waals surface area contributed by atoms with E-state index in [1.165, 1.54) is 0 Å². The number of amides is 1. The minimum absolute atomic E-state index is 0.0146. The van der Waals surface area contributed by atoms with Crippen LogP contribution in [0.1, 0.15) is 19.3 Å². The summed E-state index contributed by atoms with van der Waals surface area (Å²) in [4.78, 5) is 11.5. The van der Waals surface area contributed by atoms with Crippen molar-refractivity contribution in [2.75, 3.05) is 18.1 Å². The van der Waals surface area contributed by atoms with Crippen molar-refractivity contribution in [3.05, 3.63) is 0 Å². The maximum Gasteiger partial charge on any atom is 0.233 e. The van der Waals surface area contributed by atoms with Crippen molar-refractivity contribution in [1.82, 2.24) is 5.32 Å². The summed E-state index contributed by atoms with van der Waals surface area (Å²) in [5, 5.41) is 7.39. The topological polar surface area (TPSA) is 89.3 Å². The molecule has 0 radical (unpaired) electrons. The first kappa shape index (κ1) is 12.8. The summed E-state index contributed by atoms with van der Waals surface area (Å²) in [5.41, 5.74) is 0. The molecule has 0 bridgehead atoms. The average Bonchev–Trinajstić information content (AvgIpc) is 2.17. The van der Waals surface area contributed by atoms with Gasteiger partial charge in [-0.25, -0.2) is 13.6 Å². The lowest BCUT2D eigenvalue weighted by molar-refractivity contribution is -0.120. The lowest BCUT2D eigenvalue weighted by Gasteiger charge is -2.20.